The minimum atomic E-state index is -3.62. The van der Waals surface area contributed by atoms with Crippen LogP contribution in [0.4, 0.5) is 5.69 Å². The molecule has 3 aliphatic rings. The molecular weight excluding hydrogens is 400 g/mol. The van der Waals surface area contributed by atoms with Crippen LogP contribution in [-0.2, 0) is 19.6 Å². The van der Waals surface area contributed by atoms with Gasteiger partial charge in [-0.25, -0.2) is 13.3 Å². The molecule has 0 saturated carbocycles. The van der Waals surface area contributed by atoms with Crippen molar-refractivity contribution in [3.8, 4) is 0 Å². The number of anilines is 1. The van der Waals surface area contributed by atoms with Gasteiger partial charge in [-0.2, -0.15) is 4.31 Å². The third kappa shape index (κ3) is 2.84. The first-order valence-electron chi connectivity index (χ1n) is 10.0. The molecule has 30 heavy (non-hydrogen) atoms. The number of hydrogen-bond acceptors (Lipinski definition) is 4. The first-order valence-corrected chi connectivity index (χ1v) is 11.9. The van der Waals surface area contributed by atoms with Gasteiger partial charge >= 0.3 is 0 Å². The minimum absolute atomic E-state index is 0.247. The Balaban J connectivity index is 1.59. The topological polar surface area (TPSA) is 74.8 Å². The third-order valence-corrected chi connectivity index (χ3v) is 7.67. The summed E-state index contributed by atoms with van der Waals surface area (Å²) in [5.41, 5.74) is 2.37. The number of imide groups is 1. The Hall–Kier alpha value is -2.77. The van der Waals surface area contributed by atoms with Gasteiger partial charge in [0.25, 0.3) is 0 Å². The zero-order valence-electron chi connectivity index (χ0n) is 16.5. The van der Waals surface area contributed by atoms with Crippen LogP contribution in [0.5, 0.6) is 0 Å². The molecule has 6 nitrogen and oxygen atoms in total. The number of nitrogens with zero attached hydrogens (tertiary/aromatic N) is 2. The number of carbonyl (C=O) groups excluding carboxylic acids is 2. The summed E-state index contributed by atoms with van der Waals surface area (Å²) in [6.45, 7) is 0. The van der Waals surface area contributed by atoms with Crippen molar-refractivity contribution in [1.82, 2.24) is 4.31 Å². The van der Waals surface area contributed by atoms with Crippen LogP contribution in [0.3, 0.4) is 0 Å². The number of allylic oxidation sites excluding steroid dienone is 1. The molecule has 2 aliphatic heterocycles. The average molecular weight is 423 g/mol. The molecule has 0 radical (unpaired) electrons. The summed E-state index contributed by atoms with van der Waals surface area (Å²) in [7, 11) is -3.62. The molecule has 0 spiro atoms. The zero-order chi connectivity index (χ0) is 21.0. The first-order chi connectivity index (χ1) is 14.4. The van der Waals surface area contributed by atoms with Gasteiger partial charge in [-0.15, -0.1) is 0 Å². The predicted octanol–water partition coefficient (Wildman–Crippen LogP) is 2.90. The van der Waals surface area contributed by atoms with Gasteiger partial charge < -0.3 is 0 Å². The highest BCUT2D eigenvalue weighted by Gasteiger charge is 2.59. The number of amides is 2. The summed E-state index contributed by atoms with van der Waals surface area (Å²) in [6.07, 6.45) is 4.17. The molecule has 5 rings (SSSR count). The molecule has 7 heteroatoms. The Kier molecular flexibility index (Phi) is 4.41. The molecule has 2 saturated heterocycles. The average Bonchev–Trinajstić information content (AvgIpc) is 3.25. The summed E-state index contributed by atoms with van der Waals surface area (Å²) in [6, 6.07) is 17.4. The van der Waals surface area contributed by atoms with E-state index in [0.29, 0.717) is 18.5 Å². The lowest BCUT2D eigenvalue weighted by atomic mass is 9.78. The Morgan fingerprint density at radius 1 is 0.900 bits per heavy atom. The van der Waals surface area contributed by atoms with Crippen molar-refractivity contribution >= 4 is 27.5 Å². The van der Waals surface area contributed by atoms with E-state index >= 15 is 0 Å². The monoisotopic (exact) mass is 422 g/mol. The van der Waals surface area contributed by atoms with Crippen LogP contribution in [0.15, 0.2) is 72.3 Å². The van der Waals surface area contributed by atoms with E-state index in [-0.39, 0.29) is 17.9 Å². The fourth-order valence-corrected chi connectivity index (χ4v) is 6.56. The zero-order valence-corrected chi connectivity index (χ0v) is 17.3. The lowest BCUT2D eigenvalue weighted by molar-refractivity contribution is -0.122. The lowest BCUT2D eigenvalue weighted by Gasteiger charge is -2.34. The number of rotatable bonds is 3. The molecule has 2 amide bonds. The van der Waals surface area contributed by atoms with Crippen LogP contribution >= 0.6 is 0 Å². The second kappa shape index (κ2) is 6.89. The standard InChI is InChI=1S/C23H22N2O4S/c1-30(28,29)25-19(15-8-4-2-5-9-15)14-16-12-13-18-20(21(16)25)23(27)24(22(18)26)17-10-6-3-7-11-17/h2-12,18-21H,13-14H2,1H3/t18-,19+,20-,21+/m0/s1. The molecule has 4 atom stereocenters. The van der Waals surface area contributed by atoms with Gasteiger partial charge in [0.05, 0.1) is 35.9 Å². The van der Waals surface area contributed by atoms with Crippen LogP contribution in [-0.4, -0.2) is 36.8 Å². The first kappa shape index (κ1) is 19.2. The van der Waals surface area contributed by atoms with Crippen LogP contribution in [0, 0.1) is 11.8 Å². The van der Waals surface area contributed by atoms with Gasteiger partial charge in [-0.05, 0) is 30.5 Å². The summed E-state index contributed by atoms with van der Waals surface area (Å²) in [5, 5.41) is 0. The van der Waals surface area contributed by atoms with E-state index in [1.807, 2.05) is 42.5 Å². The molecule has 2 fully saturated rings. The fraction of sp³-hybridized carbons (Fsp3) is 0.304. The van der Waals surface area contributed by atoms with Gasteiger partial charge in [-0.3, -0.25) is 9.59 Å². The second-order valence-electron chi connectivity index (χ2n) is 8.16. The predicted molar refractivity (Wildman–Crippen MR) is 113 cm³/mol. The van der Waals surface area contributed by atoms with E-state index in [1.54, 1.807) is 24.3 Å². The van der Waals surface area contributed by atoms with E-state index in [2.05, 4.69) is 0 Å². The quantitative estimate of drug-likeness (QED) is 0.563. The smallest absolute Gasteiger partial charge is 0.239 e. The highest BCUT2D eigenvalue weighted by molar-refractivity contribution is 7.88. The van der Waals surface area contributed by atoms with Crippen molar-refractivity contribution in [3.05, 3.63) is 77.9 Å². The second-order valence-corrected chi connectivity index (χ2v) is 10.1. The van der Waals surface area contributed by atoms with Crippen LogP contribution in [0.1, 0.15) is 24.4 Å². The molecule has 2 aromatic carbocycles. The van der Waals surface area contributed by atoms with Gasteiger partial charge in [0.1, 0.15) is 0 Å². The lowest BCUT2D eigenvalue weighted by Crippen LogP contribution is -2.46. The van der Waals surface area contributed by atoms with E-state index in [0.717, 1.165) is 11.1 Å². The molecule has 0 aromatic heterocycles. The maximum absolute atomic E-state index is 13.5. The molecule has 154 valence electrons. The summed E-state index contributed by atoms with van der Waals surface area (Å²) >= 11 is 0. The fourth-order valence-electron chi connectivity index (χ4n) is 5.22. The number of carbonyl (C=O) groups is 2. The van der Waals surface area contributed by atoms with E-state index in [4.69, 9.17) is 0 Å². The Labute approximate surface area is 175 Å². The van der Waals surface area contributed by atoms with Crippen LogP contribution in [0.25, 0.3) is 0 Å². The Morgan fingerprint density at radius 3 is 2.17 bits per heavy atom. The maximum Gasteiger partial charge on any atom is 0.239 e. The van der Waals surface area contributed by atoms with Gasteiger partial charge in [-0.1, -0.05) is 60.2 Å². The summed E-state index contributed by atoms with van der Waals surface area (Å²) in [5.74, 6) is -1.79. The Morgan fingerprint density at radius 2 is 1.53 bits per heavy atom. The number of benzene rings is 2. The van der Waals surface area contributed by atoms with Crippen molar-refractivity contribution in [2.75, 3.05) is 11.2 Å². The third-order valence-electron chi connectivity index (χ3n) is 6.42. The normalized spacial score (nSPS) is 29.0. The molecule has 2 aromatic rings. The summed E-state index contributed by atoms with van der Waals surface area (Å²) < 4.78 is 27.2. The van der Waals surface area contributed by atoms with Crippen molar-refractivity contribution in [1.29, 1.82) is 0 Å². The summed E-state index contributed by atoms with van der Waals surface area (Å²) in [4.78, 5) is 27.9. The van der Waals surface area contributed by atoms with Crippen molar-refractivity contribution in [2.45, 2.75) is 24.9 Å². The number of fused-ring (bicyclic) bond motifs is 3. The van der Waals surface area contributed by atoms with Crippen LogP contribution < -0.4 is 4.90 Å². The SMILES string of the molecule is CS(=O)(=O)N1[C@@H](c2ccccc2)CC2=CC[C@@H]3C(=O)N(c4ccccc4)C(=O)[C@@H]3[C@@H]21. The van der Waals surface area contributed by atoms with Crippen molar-refractivity contribution < 1.29 is 18.0 Å². The van der Waals surface area contributed by atoms with Crippen LogP contribution in [0.2, 0.25) is 0 Å². The molecule has 0 bridgehead atoms. The van der Waals surface area contributed by atoms with Gasteiger partial charge in [0, 0.05) is 0 Å². The molecule has 0 N–H and O–H groups in total. The van der Waals surface area contributed by atoms with E-state index in [9.17, 15) is 18.0 Å². The van der Waals surface area contributed by atoms with E-state index < -0.39 is 27.9 Å². The highest BCUT2D eigenvalue weighted by atomic mass is 32.2. The molecule has 1 aliphatic carbocycles. The number of sulfonamides is 1. The number of para-hydroxylation sites is 1. The molecule has 0 unspecified atom stereocenters. The maximum atomic E-state index is 13.5. The Bertz CT molecular complexity index is 1140. The highest BCUT2D eigenvalue weighted by Crippen LogP contribution is 2.51. The largest absolute Gasteiger partial charge is 0.274 e. The van der Waals surface area contributed by atoms with Gasteiger partial charge in [0.15, 0.2) is 0 Å². The van der Waals surface area contributed by atoms with Crippen molar-refractivity contribution in [2.24, 2.45) is 11.8 Å². The van der Waals surface area contributed by atoms with E-state index in [1.165, 1.54) is 15.5 Å². The van der Waals surface area contributed by atoms with Crippen molar-refractivity contribution in [3.63, 3.8) is 0 Å². The molecule has 2 heterocycles. The van der Waals surface area contributed by atoms with Gasteiger partial charge in [0.2, 0.25) is 21.8 Å². The molecular formula is C23H22N2O4S. The number of hydrogen-bond donors (Lipinski definition) is 0. The minimum Gasteiger partial charge on any atom is -0.274 e.